The average molecular weight is 244 g/mol. The number of nitrogens with one attached hydrogen (secondary N) is 1. The molecule has 0 atom stereocenters. The van der Waals surface area contributed by atoms with Crippen LogP contribution < -0.4 is 11.0 Å². The van der Waals surface area contributed by atoms with Crippen LogP contribution in [-0.2, 0) is 6.54 Å². The Morgan fingerprint density at radius 2 is 2.19 bits per heavy atom. The van der Waals surface area contributed by atoms with Crippen molar-refractivity contribution in [3.63, 3.8) is 0 Å². The maximum Gasteiger partial charge on any atom is 0.347 e. The van der Waals surface area contributed by atoms with Crippen LogP contribution in [0.5, 0.6) is 0 Å². The van der Waals surface area contributed by atoms with E-state index in [0.29, 0.717) is 11.6 Å². The largest absolute Gasteiger partial charge is 0.347 e. The summed E-state index contributed by atoms with van der Waals surface area (Å²) < 4.78 is 1.53. The van der Waals surface area contributed by atoms with Crippen molar-refractivity contribution in [1.82, 2.24) is 14.9 Å². The molecule has 0 radical (unpaired) electrons. The van der Waals surface area contributed by atoms with Gasteiger partial charge in [0.15, 0.2) is 0 Å². The second-order valence-electron chi connectivity index (χ2n) is 4.78. The summed E-state index contributed by atoms with van der Waals surface area (Å²) in [5.74, 6) is 0. The number of nitrogens with zero attached hydrogens (tertiary/aromatic N) is 2. The van der Waals surface area contributed by atoms with E-state index in [9.17, 15) is 4.79 Å². The number of aryl methyl sites for hydroxylation is 1. The smallest absolute Gasteiger partial charge is 0.312 e. The first-order valence-electron chi connectivity index (χ1n) is 5.35. The standard InChI is InChI=1S/C11H18ClN3O/c1-11(2,3)14-5-4-6-15-8-9(12)7-13-10(15)16/h7-8,14H,4-6H2,1-3H3. The molecule has 0 spiro atoms. The molecule has 1 aromatic rings. The third-order valence-electron chi connectivity index (χ3n) is 2.05. The van der Waals surface area contributed by atoms with Gasteiger partial charge in [-0.05, 0) is 33.7 Å². The van der Waals surface area contributed by atoms with Gasteiger partial charge in [-0.15, -0.1) is 0 Å². The molecule has 16 heavy (non-hydrogen) atoms. The Morgan fingerprint density at radius 3 is 2.81 bits per heavy atom. The highest BCUT2D eigenvalue weighted by Gasteiger charge is 2.07. The Labute approximate surface area is 101 Å². The Kier molecular flexibility index (Phi) is 4.50. The number of hydrogen-bond acceptors (Lipinski definition) is 3. The SMILES string of the molecule is CC(C)(C)NCCCn1cc(Cl)cnc1=O. The summed E-state index contributed by atoms with van der Waals surface area (Å²) >= 11 is 5.76. The van der Waals surface area contributed by atoms with Crippen LogP contribution in [0.3, 0.4) is 0 Å². The third kappa shape index (κ3) is 4.77. The second-order valence-corrected chi connectivity index (χ2v) is 5.21. The van der Waals surface area contributed by atoms with Gasteiger partial charge in [0, 0.05) is 18.3 Å². The van der Waals surface area contributed by atoms with Crippen molar-refractivity contribution < 1.29 is 0 Å². The summed E-state index contributed by atoms with van der Waals surface area (Å²) in [6.45, 7) is 7.83. The summed E-state index contributed by atoms with van der Waals surface area (Å²) in [5.41, 5.74) is -0.141. The van der Waals surface area contributed by atoms with Crippen LogP contribution in [0.25, 0.3) is 0 Å². The van der Waals surface area contributed by atoms with Gasteiger partial charge in [-0.2, -0.15) is 0 Å². The van der Waals surface area contributed by atoms with Gasteiger partial charge in [0.25, 0.3) is 0 Å². The van der Waals surface area contributed by atoms with Gasteiger partial charge in [-0.25, -0.2) is 9.78 Å². The van der Waals surface area contributed by atoms with E-state index in [2.05, 4.69) is 31.1 Å². The van der Waals surface area contributed by atoms with Crippen LogP contribution in [0.15, 0.2) is 17.2 Å². The van der Waals surface area contributed by atoms with Crippen molar-refractivity contribution in [3.05, 3.63) is 27.9 Å². The molecule has 0 aliphatic heterocycles. The number of rotatable bonds is 4. The van der Waals surface area contributed by atoms with E-state index in [4.69, 9.17) is 11.6 Å². The zero-order valence-corrected chi connectivity index (χ0v) is 10.7. The summed E-state index contributed by atoms with van der Waals surface area (Å²) in [4.78, 5) is 15.0. The van der Waals surface area contributed by atoms with E-state index in [1.165, 1.54) is 10.8 Å². The van der Waals surface area contributed by atoms with E-state index in [0.717, 1.165) is 13.0 Å². The van der Waals surface area contributed by atoms with Crippen molar-refractivity contribution in [2.24, 2.45) is 0 Å². The molecule has 1 heterocycles. The zero-order chi connectivity index (χ0) is 12.2. The molecule has 0 saturated carbocycles. The van der Waals surface area contributed by atoms with Crippen LogP contribution in [0.2, 0.25) is 5.02 Å². The van der Waals surface area contributed by atoms with Crippen molar-refractivity contribution in [1.29, 1.82) is 0 Å². The average Bonchev–Trinajstić information content (AvgIpc) is 2.16. The lowest BCUT2D eigenvalue weighted by atomic mass is 10.1. The molecule has 0 fully saturated rings. The van der Waals surface area contributed by atoms with E-state index in [-0.39, 0.29) is 11.2 Å². The lowest BCUT2D eigenvalue weighted by Crippen LogP contribution is -2.37. The Hall–Kier alpha value is -0.870. The molecule has 0 unspecified atom stereocenters. The van der Waals surface area contributed by atoms with Gasteiger partial charge in [-0.1, -0.05) is 11.6 Å². The van der Waals surface area contributed by atoms with E-state index in [1.54, 1.807) is 6.20 Å². The van der Waals surface area contributed by atoms with Crippen LogP contribution in [-0.4, -0.2) is 21.6 Å². The third-order valence-corrected chi connectivity index (χ3v) is 2.25. The highest BCUT2D eigenvalue weighted by Crippen LogP contribution is 2.02. The fourth-order valence-corrected chi connectivity index (χ4v) is 1.47. The van der Waals surface area contributed by atoms with Crippen LogP contribution in [0.4, 0.5) is 0 Å². The maximum atomic E-state index is 11.3. The van der Waals surface area contributed by atoms with E-state index >= 15 is 0 Å². The lowest BCUT2D eigenvalue weighted by molar-refractivity contribution is 0.412. The summed E-state index contributed by atoms with van der Waals surface area (Å²) in [6.07, 6.45) is 3.86. The van der Waals surface area contributed by atoms with Crippen molar-refractivity contribution >= 4 is 11.6 Å². The number of halogens is 1. The summed E-state index contributed by atoms with van der Waals surface area (Å²) in [7, 11) is 0. The van der Waals surface area contributed by atoms with Gasteiger partial charge in [0.05, 0.1) is 11.2 Å². The first-order valence-corrected chi connectivity index (χ1v) is 5.73. The Bertz CT molecular complexity index is 395. The van der Waals surface area contributed by atoms with Crippen LogP contribution in [0.1, 0.15) is 27.2 Å². The molecule has 4 nitrogen and oxygen atoms in total. The molecule has 1 N–H and O–H groups in total. The summed E-state index contributed by atoms with van der Waals surface area (Å²) in [6, 6.07) is 0. The van der Waals surface area contributed by atoms with E-state index in [1.807, 2.05) is 0 Å². The molecule has 0 bridgehead atoms. The minimum atomic E-state index is -0.250. The predicted octanol–water partition coefficient (Wildman–Crippen LogP) is 1.67. The molecular formula is C11H18ClN3O. The molecule has 0 amide bonds. The molecule has 1 aromatic heterocycles. The monoisotopic (exact) mass is 243 g/mol. The Balaban J connectivity index is 2.43. The highest BCUT2D eigenvalue weighted by atomic mass is 35.5. The quantitative estimate of drug-likeness (QED) is 0.819. The molecule has 5 heteroatoms. The molecular weight excluding hydrogens is 226 g/mol. The normalized spacial score (nSPS) is 11.8. The molecule has 0 aliphatic rings. The fourth-order valence-electron chi connectivity index (χ4n) is 1.30. The van der Waals surface area contributed by atoms with Gasteiger partial charge in [0.1, 0.15) is 0 Å². The highest BCUT2D eigenvalue weighted by molar-refractivity contribution is 6.30. The lowest BCUT2D eigenvalue weighted by Gasteiger charge is -2.20. The van der Waals surface area contributed by atoms with Gasteiger partial charge in [0.2, 0.25) is 0 Å². The minimum Gasteiger partial charge on any atom is -0.312 e. The van der Waals surface area contributed by atoms with Crippen LogP contribution >= 0.6 is 11.6 Å². The number of hydrogen-bond donors (Lipinski definition) is 1. The van der Waals surface area contributed by atoms with Crippen molar-refractivity contribution in [2.75, 3.05) is 6.54 Å². The zero-order valence-electron chi connectivity index (χ0n) is 9.96. The second kappa shape index (κ2) is 5.46. The molecule has 0 aromatic carbocycles. The van der Waals surface area contributed by atoms with Crippen molar-refractivity contribution in [3.8, 4) is 0 Å². The molecule has 90 valence electrons. The maximum absolute atomic E-state index is 11.3. The minimum absolute atomic E-state index is 0.109. The van der Waals surface area contributed by atoms with Gasteiger partial charge >= 0.3 is 5.69 Å². The molecule has 0 aliphatic carbocycles. The topological polar surface area (TPSA) is 46.9 Å². The predicted molar refractivity (Wildman–Crippen MR) is 65.9 cm³/mol. The Morgan fingerprint density at radius 1 is 1.50 bits per heavy atom. The molecule has 1 rings (SSSR count). The first-order chi connectivity index (χ1) is 7.38. The van der Waals surface area contributed by atoms with E-state index < -0.39 is 0 Å². The van der Waals surface area contributed by atoms with Gasteiger partial charge < -0.3 is 5.32 Å². The summed E-state index contributed by atoms with van der Waals surface area (Å²) in [5, 5.41) is 3.85. The fraction of sp³-hybridized carbons (Fsp3) is 0.636. The van der Waals surface area contributed by atoms with Crippen molar-refractivity contribution in [2.45, 2.75) is 39.3 Å². The van der Waals surface area contributed by atoms with Gasteiger partial charge in [-0.3, -0.25) is 4.57 Å². The van der Waals surface area contributed by atoms with Crippen LogP contribution in [0, 0.1) is 0 Å². The molecule has 0 saturated heterocycles. The number of aromatic nitrogens is 2. The first kappa shape index (κ1) is 13.2.